The van der Waals surface area contributed by atoms with Gasteiger partial charge in [-0.25, -0.2) is 0 Å². The minimum Gasteiger partial charge on any atom is -0.383 e. The van der Waals surface area contributed by atoms with Gasteiger partial charge >= 0.3 is 0 Å². The summed E-state index contributed by atoms with van der Waals surface area (Å²) in [6.07, 6.45) is 2.70. The van der Waals surface area contributed by atoms with Crippen molar-refractivity contribution < 1.29 is 14.5 Å². The molecule has 19 heavy (non-hydrogen) atoms. The second kappa shape index (κ2) is 7.27. The third kappa shape index (κ3) is 4.89. The van der Waals surface area contributed by atoms with Crippen LogP contribution in [0.1, 0.15) is 12.5 Å². The number of hydrogen-bond donors (Lipinski definition) is 1. The second-order valence-corrected chi connectivity index (χ2v) is 4.01. The van der Waals surface area contributed by atoms with Crippen molar-refractivity contribution in [3.05, 3.63) is 46.0 Å². The first kappa shape index (κ1) is 14.8. The number of amides is 1. The van der Waals surface area contributed by atoms with Crippen molar-refractivity contribution in [2.24, 2.45) is 0 Å². The van der Waals surface area contributed by atoms with E-state index in [4.69, 9.17) is 4.74 Å². The summed E-state index contributed by atoms with van der Waals surface area (Å²) in [5.74, 6) is -0.317. The quantitative estimate of drug-likeness (QED) is 0.482. The topological polar surface area (TPSA) is 81.5 Å². The van der Waals surface area contributed by atoms with Crippen LogP contribution in [-0.4, -0.2) is 30.6 Å². The van der Waals surface area contributed by atoms with Crippen molar-refractivity contribution in [1.82, 2.24) is 5.32 Å². The molecule has 0 saturated heterocycles. The first-order chi connectivity index (χ1) is 9.04. The molecule has 1 atom stereocenters. The smallest absolute Gasteiger partial charge is 0.276 e. The number of ether oxygens (including phenoxy) is 1. The lowest BCUT2D eigenvalue weighted by atomic mass is 10.1. The van der Waals surface area contributed by atoms with Crippen molar-refractivity contribution in [3.8, 4) is 0 Å². The Kier molecular flexibility index (Phi) is 5.69. The van der Waals surface area contributed by atoms with Crippen LogP contribution in [-0.2, 0) is 9.53 Å². The molecule has 1 aromatic rings. The molecule has 0 aromatic heterocycles. The molecule has 102 valence electrons. The van der Waals surface area contributed by atoms with Crippen molar-refractivity contribution in [1.29, 1.82) is 0 Å². The van der Waals surface area contributed by atoms with Gasteiger partial charge < -0.3 is 10.1 Å². The molecule has 6 heteroatoms. The van der Waals surface area contributed by atoms with Crippen LogP contribution >= 0.6 is 0 Å². The van der Waals surface area contributed by atoms with Gasteiger partial charge in [-0.1, -0.05) is 12.1 Å². The summed E-state index contributed by atoms with van der Waals surface area (Å²) in [6, 6.07) is 6.12. The van der Waals surface area contributed by atoms with Gasteiger partial charge in [0.25, 0.3) is 5.69 Å². The molecule has 1 amide bonds. The number of nitro benzene ring substituents is 1. The number of hydrogen-bond acceptors (Lipinski definition) is 4. The minimum absolute atomic E-state index is 0.0310. The van der Waals surface area contributed by atoms with Gasteiger partial charge in [0, 0.05) is 25.3 Å². The van der Waals surface area contributed by atoms with E-state index in [9.17, 15) is 14.9 Å². The number of rotatable bonds is 6. The molecule has 6 nitrogen and oxygen atoms in total. The van der Waals surface area contributed by atoms with Crippen LogP contribution in [0.5, 0.6) is 0 Å². The number of nitrogens with zero attached hydrogens (tertiary/aromatic N) is 1. The molecule has 0 radical (unpaired) electrons. The summed E-state index contributed by atoms with van der Waals surface area (Å²) in [7, 11) is 1.55. The maximum absolute atomic E-state index is 11.6. The fourth-order valence-corrected chi connectivity index (χ4v) is 1.54. The normalized spacial score (nSPS) is 12.3. The van der Waals surface area contributed by atoms with Crippen LogP contribution < -0.4 is 5.32 Å². The number of nitro groups is 1. The standard InChI is InChI=1S/C13H16N2O4/c1-10(9-19-2)14-13(16)8-7-11-5-3-4-6-12(11)15(17)18/h3-8,10H,9H2,1-2H3,(H,14,16). The van der Waals surface area contributed by atoms with Gasteiger partial charge in [-0.05, 0) is 19.1 Å². The minimum atomic E-state index is -0.481. The maximum Gasteiger partial charge on any atom is 0.276 e. The fourth-order valence-electron chi connectivity index (χ4n) is 1.54. The molecule has 0 fully saturated rings. The second-order valence-electron chi connectivity index (χ2n) is 4.01. The van der Waals surface area contributed by atoms with Crippen LogP contribution in [0.2, 0.25) is 0 Å². The highest BCUT2D eigenvalue weighted by atomic mass is 16.6. The number of carbonyl (C=O) groups is 1. The summed E-state index contributed by atoms with van der Waals surface area (Å²) in [6.45, 7) is 2.21. The van der Waals surface area contributed by atoms with Crippen LogP contribution in [0, 0.1) is 10.1 Å². The molecule has 1 rings (SSSR count). The summed E-state index contributed by atoms with van der Waals surface area (Å²) >= 11 is 0. The van der Waals surface area contributed by atoms with Crippen molar-refractivity contribution >= 4 is 17.7 Å². The Morgan fingerprint density at radius 3 is 2.84 bits per heavy atom. The zero-order valence-electron chi connectivity index (χ0n) is 10.8. The van der Waals surface area contributed by atoms with Gasteiger partial charge in [0.05, 0.1) is 17.1 Å². The fraction of sp³-hybridized carbons (Fsp3) is 0.308. The number of benzene rings is 1. The van der Waals surface area contributed by atoms with Crippen molar-refractivity contribution in [2.75, 3.05) is 13.7 Å². The Hall–Kier alpha value is -2.21. The Bertz CT molecular complexity index is 485. The first-order valence-corrected chi connectivity index (χ1v) is 5.75. The number of methoxy groups -OCH3 is 1. The van der Waals surface area contributed by atoms with Crippen LogP contribution in [0.3, 0.4) is 0 Å². The van der Waals surface area contributed by atoms with Crippen LogP contribution in [0.25, 0.3) is 6.08 Å². The lowest BCUT2D eigenvalue weighted by molar-refractivity contribution is -0.385. The van der Waals surface area contributed by atoms with E-state index in [0.717, 1.165) is 0 Å². The van der Waals surface area contributed by atoms with E-state index in [-0.39, 0.29) is 17.6 Å². The third-order valence-corrected chi connectivity index (χ3v) is 2.35. The monoisotopic (exact) mass is 264 g/mol. The summed E-state index contributed by atoms with van der Waals surface area (Å²) in [4.78, 5) is 21.9. The van der Waals surface area contributed by atoms with Gasteiger partial charge in [-0.2, -0.15) is 0 Å². The Labute approximate surface area is 111 Å². The molecular weight excluding hydrogens is 248 g/mol. The van der Waals surface area contributed by atoms with Gasteiger partial charge in [0.15, 0.2) is 0 Å². The zero-order valence-corrected chi connectivity index (χ0v) is 10.8. The number of para-hydroxylation sites is 1. The van der Waals surface area contributed by atoms with E-state index in [2.05, 4.69) is 5.32 Å². The maximum atomic E-state index is 11.6. The first-order valence-electron chi connectivity index (χ1n) is 5.75. The van der Waals surface area contributed by atoms with E-state index < -0.39 is 4.92 Å². The van der Waals surface area contributed by atoms with Gasteiger partial charge in [-0.3, -0.25) is 14.9 Å². The Morgan fingerprint density at radius 2 is 2.21 bits per heavy atom. The summed E-state index contributed by atoms with van der Waals surface area (Å²) < 4.78 is 4.89. The molecule has 1 aromatic carbocycles. The van der Waals surface area contributed by atoms with Crippen molar-refractivity contribution in [2.45, 2.75) is 13.0 Å². The molecule has 0 aliphatic heterocycles. The average molecular weight is 264 g/mol. The predicted molar refractivity (Wildman–Crippen MR) is 71.6 cm³/mol. The molecule has 0 bridgehead atoms. The highest BCUT2D eigenvalue weighted by Crippen LogP contribution is 2.18. The molecule has 0 spiro atoms. The summed E-state index contributed by atoms with van der Waals surface area (Å²) in [5, 5.41) is 13.5. The lowest BCUT2D eigenvalue weighted by Gasteiger charge is -2.10. The van der Waals surface area contributed by atoms with Crippen LogP contribution in [0.15, 0.2) is 30.3 Å². The molecule has 1 N–H and O–H groups in total. The largest absolute Gasteiger partial charge is 0.383 e. The number of carbonyl (C=O) groups excluding carboxylic acids is 1. The van der Waals surface area contributed by atoms with E-state index in [0.29, 0.717) is 12.2 Å². The van der Waals surface area contributed by atoms with Gasteiger partial charge in [0.1, 0.15) is 0 Å². The highest BCUT2D eigenvalue weighted by molar-refractivity contribution is 5.92. The molecule has 0 aliphatic rings. The number of nitrogens with one attached hydrogen (secondary N) is 1. The van der Waals surface area contributed by atoms with Gasteiger partial charge in [-0.15, -0.1) is 0 Å². The van der Waals surface area contributed by atoms with E-state index in [1.54, 1.807) is 32.2 Å². The van der Waals surface area contributed by atoms with Crippen LogP contribution in [0.4, 0.5) is 5.69 Å². The highest BCUT2D eigenvalue weighted by Gasteiger charge is 2.10. The summed E-state index contributed by atoms with van der Waals surface area (Å²) in [5.41, 5.74) is 0.360. The zero-order chi connectivity index (χ0) is 14.3. The lowest BCUT2D eigenvalue weighted by Crippen LogP contribution is -2.34. The van der Waals surface area contributed by atoms with E-state index >= 15 is 0 Å². The van der Waals surface area contributed by atoms with Crippen molar-refractivity contribution in [3.63, 3.8) is 0 Å². The molecule has 0 saturated carbocycles. The molecule has 0 heterocycles. The van der Waals surface area contributed by atoms with E-state index in [1.807, 2.05) is 0 Å². The third-order valence-electron chi connectivity index (χ3n) is 2.35. The van der Waals surface area contributed by atoms with E-state index in [1.165, 1.54) is 18.2 Å². The van der Waals surface area contributed by atoms with Gasteiger partial charge in [0.2, 0.25) is 5.91 Å². The predicted octanol–water partition coefficient (Wildman–Crippen LogP) is 1.76. The average Bonchev–Trinajstić information content (AvgIpc) is 2.36. The Balaban J connectivity index is 2.71. The Morgan fingerprint density at radius 1 is 1.53 bits per heavy atom. The molecule has 0 aliphatic carbocycles. The molecular formula is C13H16N2O4. The molecule has 1 unspecified atom stereocenters. The SMILES string of the molecule is COCC(C)NC(=O)C=Cc1ccccc1[N+](=O)[O-].